The van der Waals surface area contributed by atoms with Gasteiger partial charge in [0, 0.05) is 0 Å². The summed E-state index contributed by atoms with van der Waals surface area (Å²) in [6.45, 7) is 8.63. The van der Waals surface area contributed by atoms with E-state index in [0.29, 0.717) is 0 Å². The molecule has 1 fully saturated rings. The third kappa shape index (κ3) is 7.96. The van der Waals surface area contributed by atoms with Crippen molar-refractivity contribution in [1.82, 2.24) is 0 Å². The standard InChI is InChI=1S/C24BF20.C13H27N/c26-5-1(6(27)14(35)21(42)13(5)34)25(2-7(28)15(36)22(43)16(37)8(2)29,3-9(30)17(38)23(44)18(39)10(3)31)4-11(32)19(40)24(45)20(41)12(4)33;1-3-14(4-2)12-8-11-13-9-6-5-7-10-13/h;13H,3-12H2,1-2H3/q-1;/p+1. The number of hydrogen-bond acceptors (Lipinski definition) is 0. The number of nitrogens with one attached hydrogen (secondary N) is 1. The molecule has 1 nitrogen and oxygen atoms in total. The SMILES string of the molecule is CC[NH+](CC)CCCC1CCCCC1.Fc1c(F)c(F)c([B-](c2c(F)c(F)c(F)c(F)c2F)(c2c(F)c(F)c(F)c(F)c2F)c2c(F)c(F)c(F)c(F)c2F)c(F)c1F. The van der Waals surface area contributed by atoms with E-state index in [1.54, 1.807) is 4.90 Å². The first-order valence-corrected chi connectivity index (χ1v) is 17.6. The van der Waals surface area contributed by atoms with E-state index in [0.717, 1.165) is 5.92 Å². The summed E-state index contributed by atoms with van der Waals surface area (Å²) in [7, 11) is 0. The summed E-state index contributed by atoms with van der Waals surface area (Å²) >= 11 is 0. The average molecular weight is 877 g/mol. The largest absolute Gasteiger partial charge is 0.335 e. The maximum absolute atomic E-state index is 15.4. The van der Waals surface area contributed by atoms with Gasteiger partial charge < -0.3 is 4.90 Å². The fraction of sp³-hybridized carbons (Fsp3) is 0.351. The quantitative estimate of drug-likeness (QED) is 0.0712. The van der Waals surface area contributed by atoms with Crippen LogP contribution in [0.2, 0.25) is 0 Å². The number of halogens is 20. The van der Waals surface area contributed by atoms with E-state index in [1.165, 1.54) is 64.6 Å². The number of hydrogen-bond donors (Lipinski definition) is 1. The maximum atomic E-state index is 15.4. The highest BCUT2D eigenvalue weighted by atomic mass is 19.2. The third-order valence-electron chi connectivity index (χ3n) is 10.6. The molecule has 0 aliphatic heterocycles. The molecule has 1 aliphatic rings. The van der Waals surface area contributed by atoms with E-state index in [1.807, 2.05) is 0 Å². The van der Waals surface area contributed by atoms with Crippen molar-refractivity contribution in [2.75, 3.05) is 19.6 Å². The van der Waals surface area contributed by atoms with Gasteiger partial charge in [0.25, 0.3) is 0 Å². The fourth-order valence-electron chi connectivity index (χ4n) is 7.59. The lowest BCUT2D eigenvalue weighted by Crippen LogP contribution is -3.11. The lowest BCUT2D eigenvalue weighted by Gasteiger charge is -2.44. The van der Waals surface area contributed by atoms with Crippen LogP contribution in [-0.4, -0.2) is 25.8 Å². The average Bonchev–Trinajstić information content (AvgIpc) is 3.22. The molecule has 0 heterocycles. The molecule has 324 valence electrons. The topological polar surface area (TPSA) is 4.44 Å². The van der Waals surface area contributed by atoms with Gasteiger partial charge in [0.15, 0.2) is 69.8 Å². The van der Waals surface area contributed by atoms with Crippen LogP contribution in [0.1, 0.15) is 58.8 Å². The summed E-state index contributed by atoms with van der Waals surface area (Å²) in [6.07, 6.45) is 3.29. The Balaban J connectivity index is 0.000000464. The molecule has 1 N–H and O–H groups in total. The highest BCUT2D eigenvalue weighted by Gasteiger charge is 2.52. The molecule has 59 heavy (non-hydrogen) atoms. The molecule has 4 aromatic carbocycles. The Hall–Kier alpha value is -4.50. The number of benzene rings is 4. The molecular formula is C37H28BF20N. The lowest BCUT2D eigenvalue weighted by molar-refractivity contribution is -0.896. The van der Waals surface area contributed by atoms with Crippen molar-refractivity contribution in [1.29, 1.82) is 0 Å². The highest BCUT2D eigenvalue weighted by Crippen LogP contribution is 2.31. The third-order valence-corrected chi connectivity index (χ3v) is 10.6. The summed E-state index contributed by atoms with van der Waals surface area (Å²) < 4.78 is 294. The predicted octanol–water partition coefficient (Wildman–Crippen LogP) is 8.12. The first kappa shape index (κ1) is 47.2. The van der Waals surface area contributed by atoms with E-state index in [9.17, 15) is 52.7 Å². The molecule has 22 heteroatoms. The number of rotatable bonds is 10. The van der Waals surface area contributed by atoms with Gasteiger partial charge in [-0.05, 0) is 32.6 Å². The van der Waals surface area contributed by atoms with Gasteiger partial charge >= 0.3 is 0 Å². The van der Waals surface area contributed by atoms with Crippen LogP contribution in [0.25, 0.3) is 0 Å². The summed E-state index contributed by atoms with van der Waals surface area (Å²) in [4.78, 5) is 1.78. The van der Waals surface area contributed by atoms with Crippen LogP contribution in [0.5, 0.6) is 0 Å². The van der Waals surface area contributed by atoms with Gasteiger partial charge in [-0.1, -0.05) is 32.1 Å². The Morgan fingerprint density at radius 3 is 0.797 bits per heavy atom. The first-order valence-electron chi connectivity index (χ1n) is 17.6. The maximum Gasteiger partial charge on any atom is 0.200 e. The highest BCUT2D eigenvalue weighted by molar-refractivity contribution is 7.20. The normalized spacial score (nSPS) is 13.7. The Labute approximate surface area is 321 Å². The van der Waals surface area contributed by atoms with Gasteiger partial charge in [-0.15, -0.1) is 21.9 Å². The minimum atomic E-state index is -7.22. The van der Waals surface area contributed by atoms with E-state index in [-0.39, 0.29) is 0 Å². The molecule has 1 saturated carbocycles. The van der Waals surface area contributed by atoms with Gasteiger partial charge in [-0.25, -0.2) is 87.8 Å². The minimum Gasteiger partial charge on any atom is -0.335 e. The molecule has 0 spiro atoms. The van der Waals surface area contributed by atoms with E-state index in [4.69, 9.17) is 0 Å². The molecular weight excluding hydrogens is 849 g/mol. The monoisotopic (exact) mass is 877 g/mol. The molecule has 0 amide bonds. The molecule has 0 saturated heterocycles. The lowest BCUT2D eigenvalue weighted by atomic mass is 9.12. The van der Waals surface area contributed by atoms with Crippen LogP contribution < -0.4 is 26.8 Å². The summed E-state index contributed by atoms with van der Waals surface area (Å²) in [5.74, 6) is -70.3. The molecule has 0 radical (unpaired) electrons. The Morgan fingerprint density at radius 1 is 0.356 bits per heavy atom. The molecule has 0 aromatic heterocycles. The number of quaternary nitrogens is 1. The van der Waals surface area contributed by atoms with Crippen molar-refractivity contribution in [2.24, 2.45) is 5.92 Å². The van der Waals surface area contributed by atoms with Crippen LogP contribution in [0.15, 0.2) is 0 Å². The van der Waals surface area contributed by atoms with Gasteiger partial charge in [0.1, 0.15) is 52.7 Å². The van der Waals surface area contributed by atoms with Crippen molar-refractivity contribution < 1.29 is 92.7 Å². The molecule has 5 rings (SSSR count). The second-order valence-corrected chi connectivity index (χ2v) is 13.7. The van der Waals surface area contributed by atoms with Crippen molar-refractivity contribution in [3.63, 3.8) is 0 Å². The summed E-state index contributed by atoms with van der Waals surface area (Å²) in [6, 6.07) is 0. The van der Waals surface area contributed by atoms with Gasteiger partial charge in [-0.3, -0.25) is 0 Å². The van der Waals surface area contributed by atoms with Gasteiger partial charge in [-0.2, -0.15) is 0 Å². The molecule has 0 bridgehead atoms. The molecule has 0 unspecified atom stereocenters. The van der Waals surface area contributed by atoms with Crippen molar-refractivity contribution >= 4 is 28.0 Å². The smallest absolute Gasteiger partial charge is 0.200 e. The first-order chi connectivity index (χ1) is 27.6. The van der Waals surface area contributed by atoms with Gasteiger partial charge in [0.05, 0.1) is 19.6 Å². The predicted molar refractivity (Wildman–Crippen MR) is 172 cm³/mol. The van der Waals surface area contributed by atoms with Gasteiger partial charge in [0.2, 0.25) is 0 Å². The van der Waals surface area contributed by atoms with E-state index in [2.05, 4.69) is 13.8 Å². The fourth-order valence-corrected chi connectivity index (χ4v) is 7.59. The van der Waals surface area contributed by atoms with E-state index >= 15 is 35.1 Å². The second kappa shape index (κ2) is 18.4. The van der Waals surface area contributed by atoms with Crippen LogP contribution in [0.3, 0.4) is 0 Å². The van der Waals surface area contributed by atoms with Crippen molar-refractivity contribution in [2.45, 2.75) is 58.8 Å². The molecule has 4 aromatic rings. The zero-order chi connectivity index (χ0) is 44.6. The van der Waals surface area contributed by atoms with Crippen LogP contribution in [0, 0.1) is 122 Å². The van der Waals surface area contributed by atoms with Crippen molar-refractivity contribution in [3.8, 4) is 0 Å². The summed E-state index contributed by atoms with van der Waals surface area (Å²) in [5.41, 5.74) is -14.3. The Morgan fingerprint density at radius 2 is 0.576 bits per heavy atom. The second-order valence-electron chi connectivity index (χ2n) is 13.7. The van der Waals surface area contributed by atoms with Crippen molar-refractivity contribution in [3.05, 3.63) is 116 Å². The zero-order valence-electron chi connectivity index (χ0n) is 30.3. The molecule has 1 aliphatic carbocycles. The van der Waals surface area contributed by atoms with Crippen LogP contribution in [-0.2, 0) is 0 Å². The van der Waals surface area contributed by atoms with Crippen LogP contribution in [0.4, 0.5) is 87.8 Å². The van der Waals surface area contributed by atoms with Crippen LogP contribution >= 0.6 is 0 Å². The Kier molecular flexibility index (Phi) is 14.7. The van der Waals surface area contributed by atoms with E-state index < -0.39 is 144 Å². The molecule has 0 atom stereocenters. The zero-order valence-corrected chi connectivity index (χ0v) is 30.3. The minimum absolute atomic E-state index is 1.08. The Bertz CT molecular complexity index is 1850. The summed E-state index contributed by atoms with van der Waals surface area (Å²) in [5, 5.41) is 0.